The van der Waals surface area contributed by atoms with Crippen molar-refractivity contribution in [3.8, 4) is 0 Å². The van der Waals surface area contributed by atoms with Gasteiger partial charge in [-0.25, -0.2) is 4.79 Å². The number of amides is 3. The van der Waals surface area contributed by atoms with Gasteiger partial charge in [-0.05, 0) is 26.7 Å². The van der Waals surface area contributed by atoms with Gasteiger partial charge < -0.3 is 10.6 Å². The lowest BCUT2D eigenvalue weighted by Crippen LogP contribution is -2.56. The number of imide groups is 1. The van der Waals surface area contributed by atoms with Crippen molar-refractivity contribution in [2.75, 3.05) is 19.6 Å². The topological polar surface area (TPSA) is 73.5 Å². The lowest BCUT2D eigenvalue weighted by atomic mass is 10.1. The van der Waals surface area contributed by atoms with Crippen molar-refractivity contribution in [3.05, 3.63) is 0 Å². The molecule has 2 fully saturated rings. The molecule has 19 heavy (non-hydrogen) atoms. The minimum atomic E-state index is -0.362. The van der Waals surface area contributed by atoms with Crippen molar-refractivity contribution >= 4 is 24.3 Å². The van der Waals surface area contributed by atoms with Gasteiger partial charge in [0.25, 0.3) is 0 Å². The van der Waals surface area contributed by atoms with E-state index in [0.717, 1.165) is 25.9 Å². The van der Waals surface area contributed by atoms with Crippen LogP contribution in [0.15, 0.2) is 0 Å². The summed E-state index contributed by atoms with van der Waals surface area (Å²) < 4.78 is 0. The lowest BCUT2D eigenvalue weighted by molar-refractivity contribution is -0.121. The number of nitrogens with zero attached hydrogens (tertiary/aromatic N) is 1. The molecule has 0 radical (unpaired) electrons. The van der Waals surface area contributed by atoms with Gasteiger partial charge in [0.1, 0.15) is 0 Å². The summed E-state index contributed by atoms with van der Waals surface area (Å²) in [7, 11) is 0. The Labute approximate surface area is 120 Å². The lowest BCUT2D eigenvalue weighted by Gasteiger charge is -2.35. The van der Waals surface area contributed by atoms with Gasteiger partial charge in [-0.3, -0.25) is 15.0 Å². The van der Waals surface area contributed by atoms with Gasteiger partial charge in [0.05, 0.1) is 6.54 Å². The summed E-state index contributed by atoms with van der Waals surface area (Å²) in [5, 5.41) is 8.52. The number of piperazine rings is 1. The summed E-state index contributed by atoms with van der Waals surface area (Å²) in [6.45, 7) is 6.15. The van der Waals surface area contributed by atoms with E-state index in [2.05, 4.69) is 34.7 Å². The Kier molecular flexibility index (Phi) is 6.03. The molecular weight excluding hydrogens is 268 g/mol. The van der Waals surface area contributed by atoms with Crippen LogP contribution in [0.5, 0.6) is 0 Å². The molecule has 0 aromatic carbocycles. The Morgan fingerprint density at radius 2 is 1.79 bits per heavy atom. The molecule has 0 spiro atoms. The molecule has 1 saturated heterocycles. The van der Waals surface area contributed by atoms with Gasteiger partial charge in [-0.2, -0.15) is 0 Å². The Morgan fingerprint density at radius 3 is 2.32 bits per heavy atom. The molecule has 6 nitrogen and oxygen atoms in total. The first-order chi connectivity index (χ1) is 8.52. The molecule has 110 valence electrons. The van der Waals surface area contributed by atoms with E-state index in [1.165, 1.54) is 0 Å². The van der Waals surface area contributed by atoms with Crippen LogP contribution in [-0.2, 0) is 4.79 Å². The van der Waals surface area contributed by atoms with Gasteiger partial charge >= 0.3 is 6.03 Å². The zero-order chi connectivity index (χ0) is 13.1. The van der Waals surface area contributed by atoms with Crippen molar-refractivity contribution in [2.45, 2.75) is 44.8 Å². The number of carbonyl (C=O) groups excluding carboxylic acids is 2. The number of halogens is 1. The monoisotopic (exact) mass is 290 g/mol. The summed E-state index contributed by atoms with van der Waals surface area (Å²) in [6.07, 6.45) is 2.04. The quantitative estimate of drug-likeness (QED) is 0.688. The zero-order valence-electron chi connectivity index (χ0n) is 11.4. The molecule has 1 aliphatic carbocycles. The maximum Gasteiger partial charge on any atom is 0.321 e. The van der Waals surface area contributed by atoms with Crippen molar-refractivity contribution in [3.63, 3.8) is 0 Å². The average molecular weight is 291 g/mol. The van der Waals surface area contributed by atoms with E-state index in [9.17, 15) is 9.59 Å². The molecule has 0 bridgehead atoms. The van der Waals surface area contributed by atoms with E-state index in [1.54, 1.807) is 0 Å². The second kappa shape index (κ2) is 7.07. The van der Waals surface area contributed by atoms with E-state index < -0.39 is 0 Å². The highest BCUT2D eigenvalue weighted by Crippen LogP contribution is 2.18. The second-order valence-corrected chi connectivity index (χ2v) is 5.46. The maximum atomic E-state index is 11.7. The first-order valence-corrected chi connectivity index (χ1v) is 6.61. The van der Waals surface area contributed by atoms with Gasteiger partial charge in [-0.1, -0.05) is 0 Å². The van der Waals surface area contributed by atoms with Gasteiger partial charge in [0.2, 0.25) is 5.91 Å². The average Bonchev–Trinajstić information content (AvgIpc) is 2.98. The number of hydrogen-bond donors (Lipinski definition) is 3. The van der Waals surface area contributed by atoms with Crippen molar-refractivity contribution in [1.82, 2.24) is 20.9 Å². The highest BCUT2D eigenvalue weighted by atomic mass is 35.5. The Bertz CT molecular complexity index is 326. The Balaban J connectivity index is 0.00000180. The minimum Gasteiger partial charge on any atom is -0.335 e. The predicted molar refractivity (Wildman–Crippen MR) is 75.4 cm³/mol. The first kappa shape index (κ1) is 16.2. The molecule has 3 amide bonds. The van der Waals surface area contributed by atoms with Crippen LogP contribution < -0.4 is 16.0 Å². The third kappa shape index (κ3) is 5.76. The number of urea groups is 1. The molecule has 3 N–H and O–H groups in total. The van der Waals surface area contributed by atoms with Gasteiger partial charge in [0, 0.05) is 31.2 Å². The van der Waals surface area contributed by atoms with Crippen LogP contribution in [0.3, 0.4) is 0 Å². The molecule has 1 saturated carbocycles. The number of carbonyl (C=O) groups is 2. The standard InChI is InChI=1S/C12H22N4O2.ClH/c1-8-5-16(6-9(2)13-8)7-11(17)15-12(18)14-10-3-4-10;/h8-10,13H,3-7H2,1-2H3,(H2,14,15,17,18);1H. The third-order valence-electron chi connectivity index (χ3n) is 3.17. The number of rotatable bonds is 3. The SMILES string of the molecule is CC1CN(CC(=O)NC(=O)NC2CC2)CC(C)N1.Cl. The Hall–Kier alpha value is -0.850. The van der Waals surface area contributed by atoms with Crippen molar-refractivity contribution in [1.29, 1.82) is 0 Å². The minimum absolute atomic E-state index is 0. The van der Waals surface area contributed by atoms with E-state index in [0.29, 0.717) is 12.1 Å². The smallest absolute Gasteiger partial charge is 0.321 e. The van der Waals surface area contributed by atoms with Crippen LogP contribution >= 0.6 is 12.4 Å². The van der Waals surface area contributed by atoms with Crippen LogP contribution in [0, 0.1) is 0 Å². The highest BCUT2D eigenvalue weighted by Gasteiger charge is 2.25. The third-order valence-corrected chi connectivity index (χ3v) is 3.17. The molecule has 1 aliphatic heterocycles. The summed E-state index contributed by atoms with van der Waals surface area (Å²) in [4.78, 5) is 25.2. The maximum absolute atomic E-state index is 11.7. The molecule has 2 unspecified atom stereocenters. The van der Waals surface area contributed by atoms with Crippen LogP contribution in [0.2, 0.25) is 0 Å². The molecule has 0 aromatic rings. The van der Waals surface area contributed by atoms with Crippen LogP contribution in [-0.4, -0.2) is 54.6 Å². The van der Waals surface area contributed by atoms with E-state index >= 15 is 0 Å². The molecular formula is C12H23ClN4O2. The highest BCUT2D eigenvalue weighted by molar-refractivity contribution is 5.95. The molecule has 7 heteroatoms. The summed E-state index contributed by atoms with van der Waals surface area (Å²) in [6, 6.07) is 0.666. The van der Waals surface area contributed by atoms with Gasteiger partial charge in [0.15, 0.2) is 0 Å². The van der Waals surface area contributed by atoms with E-state index in [4.69, 9.17) is 0 Å². The van der Waals surface area contributed by atoms with E-state index in [1.807, 2.05) is 0 Å². The van der Waals surface area contributed by atoms with Gasteiger partial charge in [-0.15, -0.1) is 12.4 Å². The Morgan fingerprint density at radius 1 is 1.21 bits per heavy atom. The normalized spacial score (nSPS) is 27.3. The first-order valence-electron chi connectivity index (χ1n) is 6.61. The van der Waals surface area contributed by atoms with Crippen LogP contribution in [0.1, 0.15) is 26.7 Å². The summed E-state index contributed by atoms with van der Waals surface area (Å²) >= 11 is 0. The van der Waals surface area contributed by atoms with Crippen molar-refractivity contribution in [2.24, 2.45) is 0 Å². The fourth-order valence-electron chi connectivity index (χ4n) is 2.39. The molecule has 1 heterocycles. The largest absolute Gasteiger partial charge is 0.335 e. The molecule has 2 rings (SSSR count). The fourth-order valence-corrected chi connectivity index (χ4v) is 2.39. The zero-order valence-corrected chi connectivity index (χ0v) is 12.3. The number of hydrogen-bond acceptors (Lipinski definition) is 4. The van der Waals surface area contributed by atoms with E-state index in [-0.39, 0.29) is 36.9 Å². The summed E-state index contributed by atoms with van der Waals surface area (Å²) in [5.74, 6) is -0.227. The molecule has 2 aliphatic rings. The van der Waals surface area contributed by atoms with Crippen molar-refractivity contribution < 1.29 is 9.59 Å². The fraction of sp³-hybridized carbons (Fsp3) is 0.833. The predicted octanol–water partition coefficient (Wildman–Crippen LogP) is 0.0786. The number of nitrogens with one attached hydrogen (secondary N) is 3. The second-order valence-electron chi connectivity index (χ2n) is 5.46. The molecule has 2 atom stereocenters. The van der Waals surface area contributed by atoms with Crippen LogP contribution in [0.4, 0.5) is 4.79 Å². The van der Waals surface area contributed by atoms with Crippen LogP contribution in [0.25, 0.3) is 0 Å². The molecule has 0 aromatic heterocycles. The summed E-state index contributed by atoms with van der Waals surface area (Å²) in [5.41, 5.74) is 0.